The molecule has 2 heterocycles. The molecule has 0 aromatic carbocycles. The quantitative estimate of drug-likeness (QED) is 0.905. The Labute approximate surface area is 122 Å². The van der Waals surface area contributed by atoms with Gasteiger partial charge in [0.15, 0.2) is 0 Å². The number of rotatable bonds is 4. The predicted octanol–water partition coefficient (Wildman–Crippen LogP) is 1.12. The Hall–Kier alpha value is -1.43. The van der Waals surface area contributed by atoms with Gasteiger partial charge in [-0.2, -0.15) is 0 Å². The van der Waals surface area contributed by atoms with Crippen molar-refractivity contribution < 1.29 is 9.59 Å². The Morgan fingerprint density at radius 2 is 2.20 bits per heavy atom. The standard InChI is InChI=1S/C14H19N3O2S/c1-8-13(18)16-12(10-3-4-10)14(19)17(8)6-5-11-7-20-9(2)15-11/h7-8,10,12H,3-6H2,1-2H3,(H,16,18). The van der Waals surface area contributed by atoms with Gasteiger partial charge >= 0.3 is 0 Å². The first-order valence-corrected chi connectivity index (χ1v) is 7.96. The van der Waals surface area contributed by atoms with Crippen LogP contribution < -0.4 is 5.32 Å². The molecule has 2 fully saturated rings. The van der Waals surface area contributed by atoms with Crippen LogP contribution in [0.4, 0.5) is 0 Å². The number of aryl methyl sites for hydroxylation is 1. The van der Waals surface area contributed by atoms with E-state index in [0.717, 1.165) is 23.5 Å². The van der Waals surface area contributed by atoms with E-state index >= 15 is 0 Å². The first kappa shape index (κ1) is 13.5. The van der Waals surface area contributed by atoms with E-state index in [1.54, 1.807) is 23.2 Å². The normalized spacial score (nSPS) is 26.8. The van der Waals surface area contributed by atoms with E-state index in [2.05, 4.69) is 10.3 Å². The minimum absolute atomic E-state index is 0.0315. The SMILES string of the molecule is Cc1nc(CCN2C(=O)C(C3CC3)NC(=O)C2C)cs1. The number of nitrogens with one attached hydrogen (secondary N) is 1. The van der Waals surface area contributed by atoms with Crippen molar-refractivity contribution in [2.45, 2.75) is 45.2 Å². The minimum Gasteiger partial charge on any atom is -0.342 e. The lowest BCUT2D eigenvalue weighted by molar-refractivity contribution is -0.149. The molecule has 1 N–H and O–H groups in total. The van der Waals surface area contributed by atoms with Gasteiger partial charge in [-0.15, -0.1) is 11.3 Å². The maximum absolute atomic E-state index is 12.5. The lowest BCUT2D eigenvalue weighted by Gasteiger charge is -2.37. The molecule has 6 heteroatoms. The van der Waals surface area contributed by atoms with Gasteiger partial charge in [-0.1, -0.05) is 0 Å². The summed E-state index contributed by atoms with van der Waals surface area (Å²) in [5.74, 6) is 0.394. The van der Waals surface area contributed by atoms with Crippen LogP contribution in [0.25, 0.3) is 0 Å². The monoisotopic (exact) mass is 293 g/mol. The van der Waals surface area contributed by atoms with Gasteiger partial charge in [0.1, 0.15) is 12.1 Å². The number of amides is 2. The lowest BCUT2D eigenvalue weighted by Crippen LogP contribution is -2.63. The molecule has 2 aliphatic rings. The van der Waals surface area contributed by atoms with Crippen molar-refractivity contribution in [3.8, 4) is 0 Å². The Balaban J connectivity index is 1.68. The van der Waals surface area contributed by atoms with Crippen molar-refractivity contribution in [3.05, 3.63) is 16.1 Å². The fourth-order valence-corrected chi connectivity index (χ4v) is 3.30. The lowest BCUT2D eigenvalue weighted by atomic mass is 10.0. The number of aromatic nitrogens is 1. The van der Waals surface area contributed by atoms with Crippen LogP contribution in [0.15, 0.2) is 5.38 Å². The zero-order chi connectivity index (χ0) is 14.3. The Kier molecular flexibility index (Phi) is 3.50. The highest BCUT2D eigenvalue weighted by Gasteiger charge is 2.45. The highest BCUT2D eigenvalue weighted by atomic mass is 32.1. The van der Waals surface area contributed by atoms with Gasteiger partial charge in [-0.25, -0.2) is 4.98 Å². The summed E-state index contributed by atoms with van der Waals surface area (Å²) in [5.41, 5.74) is 1.00. The van der Waals surface area contributed by atoms with E-state index < -0.39 is 0 Å². The second-order valence-corrected chi connectivity index (χ2v) is 6.70. The number of carbonyl (C=O) groups excluding carboxylic acids is 2. The zero-order valence-electron chi connectivity index (χ0n) is 11.8. The molecule has 1 aromatic heterocycles. The Morgan fingerprint density at radius 3 is 2.80 bits per heavy atom. The van der Waals surface area contributed by atoms with Crippen LogP contribution in [0.1, 0.15) is 30.5 Å². The average Bonchev–Trinajstić information content (AvgIpc) is 3.17. The van der Waals surface area contributed by atoms with Crippen LogP contribution in [-0.2, 0) is 16.0 Å². The molecular weight excluding hydrogens is 274 g/mol. The molecule has 1 aromatic rings. The molecule has 2 amide bonds. The van der Waals surface area contributed by atoms with Crippen LogP contribution in [0.5, 0.6) is 0 Å². The second kappa shape index (κ2) is 5.16. The molecular formula is C14H19N3O2S. The summed E-state index contributed by atoms with van der Waals surface area (Å²) in [6.07, 6.45) is 2.81. The smallest absolute Gasteiger partial charge is 0.246 e. The summed E-state index contributed by atoms with van der Waals surface area (Å²) < 4.78 is 0. The molecule has 0 radical (unpaired) electrons. The van der Waals surface area contributed by atoms with Crippen molar-refractivity contribution in [2.24, 2.45) is 5.92 Å². The Morgan fingerprint density at radius 1 is 1.45 bits per heavy atom. The van der Waals surface area contributed by atoms with Crippen LogP contribution in [0, 0.1) is 12.8 Å². The minimum atomic E-state index is -0.378. The number of thiazole rings is 1. The van der Waals surface area contributed by atoms with E-state index in [1.807, 2.05) is 12.3 Å². The van der Waals surface area contributed by atoms with Crippen LogP contribution in [-0.4, -0.2) is 40.3 Å². The summed E-state index contributed by atoms with van der Waals surface area (Å²) in [7, 11) is 0. The van der Waals surface area contributed by atoms with Crippen molar-refractivity contribution in [1.29, 1.82) is 0 Å². The van der Waals surface area contributed by atoms with Gasteiger partial charge in [0.25, 0.3) is 0 Å². The molecule has 2 atom stereocenters. The number of nitrogens with zero attached hydrogens (tertiary/aromatic N) is 2. The molecule has 5 nitrogen and oxygen atoms in total. The molecule has 1 aliphatic heterocycles. The summed E-state index contributed by atoms with van der Waals surface area (Å²) in [6, 6.07) is -0.673. The van der Waals surface area contributed by atoms with Crippen molar-refractivity contribution in [1.82, 2.24) is 15.2 Å². The van der Waals surface area contributed by atoms with Crippen molar-refractivity contribution in [3.63, 3.8) is 0 Å². The van der Waals surface area contributed by atoms with Crippen molar-refractivity contribution in [2.75, 3.05) is 6.54 Å². The maximum atomic E-state index is 12.5. The number of piperazine rings is 1. The fourth-order valence-electron chi connectivity index (χ4n) is 2.66. The van der Waals surface area contributed by atoms with Crippen LogP contribution >= 0.6 is 11.3 Å². The molecule has 1 saturated heterocycles. The summed E-state index contributed by atoms with van der Waals surface area (Å²) in [4.78, 5) is 30.6. The van der Waals surface area contributed by atoms with Gasteiger partial charge < -0.3 is 10.2 Å². The Bertz CT molecular complexity index is 538. The highest BCUT2D eigenvalue weighted by Crippen LogP contribution is 2.35. The molecule has 108 valence electrons. The largest absolute Gasteiger partial charge is 0.342 e. The molecule has 0 spiro atoms. The van der Waals surface area contributed by atoms with E-state index in [4.69, 9.17) is 0 Å². The number of carbonyl (C=O) groups is 2. The van der Waals surface area contributed by atoms with Gasteiger partial charge in [0.2, 0.25) is 11.8 Å². The maximum Gasteiger partial charge on any atom is 0.246 e. The molecule has 0 bridgehead atoms. The fraction of sp³-hybridized carbons (Fsp3) is 0.643. The molecule has 1 aliphatic carbocycles. The molecule has 2 unspecified atom stereocenters. The first-order valence-electron chi connectivity index (χ1n) is 7.08. The van der Waals surface area contributed by atoms with E-state index in [1.165, 1.54) is 0 Å². The van der Waals surface area contributed by atoms with Gasteiger partial charge in [0, 0.05) is 18.3 Å². The van der Waals surface area contributed by atoms with Gasteiger partial charge in [-0.3, -0.25) is 9.59 Å². The topological polar surface area (TPSA) is 62.3 Å². The predicted molar refractivity (Wildman–Crippen MR) is 76.4 cm³/mol. The molecule has 20 heavy (non-hydrogen) atoms. The average molecular weight is 293 g/mol. The third-order valence-electron chi connectivity index (χ3n) is 4.06. The zero-order valence-corrected chi connectivity index (χ0v) is 12.6. The third-order valence-corrected chi connectivity index (χ3v) is 4.89. The van der Waals surface area contributed by atoms with Gasteiger partial charge in [0.05, 0.1) is 10.7 Å². The first-order chi connectivity index (χ1) is 9.56. The molecule has 1 saturated carbocycles. The third kappa shape index (κ3) is 2.57. The van der Waals surface area contributed by atoms with Crippen LogP contribution in [0.3, 0.4) is 0 Å². The van der Waals surface area contributed by atoms with Gasteiger partial charge in [-0.05, 0) is 32.6 Å². The van der Waals surface area contributed by atoms with E-state index in [9.17, 15) is 9.59 Å². The number of hydrogen-bond donors (Lipinski definition) is 1. The number of hydrogen-bond acceptors (Lipinski definition) is 4. The summed E-state index contributed by atoms with van der Waals surface area (Å²) >= 11 is 1.61. The summed E-state index contributed by atoms with van der Waals surface area (Å²) in [5, 5.41) is 5.92. The van der Waals surface area contributed by atoms with E-state index in [0.29, 0.717) is 18.9 Å². The highest BCUT2D eigenvalue weighted by molar-refractivity contribution is 7.09. The van der Waals surface area contributed by atoms with Crippen molar-refractivity contribution >= 4 is 23.2 Å². The second-order valence-electron chi connectivity index (χ2n) is 5.64. The van der Waals surface area contributed by atoms with Crippen LogP contribution in [0.2, 0.25) is 0 Å². The summed E-state index contributed by atoms with van der Waals surface area (Å²) in [6.45, 7) is 4.34. The molecule has 3 rings (SSSR count). The van der Waals surface area contributed by atoms with E-state index in [-0.39, 0.29) is 23.9 Å².